The summed E-state index contributed by atoms with van der Waals surface area (Å²) in [7, 11) is 0. The van der Waals surface area contributed by atoms with Crippen LogP contribution in [0, 0.1) is 11.3 Å². The van der Waals surface area contributed by atoms with Crippen molar-refractivity contribution >= 4 is 0 Å². The fraction of sp³-hybridized carbons (Fsp3) is 0.417. The van der Waals surface area contributed by atoms with Crippen molar-refractivity contribution in [1.82, 2.24) is 5.32 Å². The van der Waals surface area contributed by atoms with Gasteiger partial charge >= 0.3 is 0 Å². The zero-order valence-electron chi connectivity index (χ0n) is 9.43. The minimum atomic E-state index is -0.610. The van der Waals surface area contributed by atoms with Crippen LogP contribution < -0.4 is 5.32 Å². The highest BCUT2D eigenvalue weighted by molar-refractivity contribution is 5.43. The van der Waals surface area contributed by atoms with Gasteiger partial charge in [0.25, 0.3) is 0 Å². The smallest absolute Gasteiger partial charge is 0.132 e. The van der Waals surface area contributed by atoms with E-state index in [1.165, 1.54) is 5.56 Å². The van der Waals surface area contributed by atoms with E-state index in [9.17, 15) is 5.26 Å². The number of nitriles is 1. The van der Waals surface area contributed by atoms with Crippen molar-refractivity contribution in [3.63, 3.8) is 0 Å². The average molecular weight is 227 g/mol. The number of benzene rings is 1. The van der Waals surface area contributed by atoms with E-state index in [0.717, 1.165) is 18.4 Å². The van der Waals surface area contributed by atoms with Gasteiger partial charge in [-0.2, -0.15) is 5.26 Å². The summed E-state index contributed by atoms with van der Waals surface area (Å²) >= 11 is 0. The predicted molar refractivity (Wildman–Crippen MR) is 64.1 cm³/mol. The van der Waals surface area contributed by atoms with Gasteiger partial charge in [0, 0.05) is 18.0 Å². The maximum Gasteiger partial charge on any atom is 0.132 e. The molecule has 0 amide bonds. The minimum Gasteiger partial charge on any atom is -0.296 e. The number of hydrogen-bond donors (Lipinski definition) is 1. The van der Waals surface area contributed by atoms with Crippen LogP contribution in [0.4, 0.5) is 0 Å². The topological polar surface area (TPSA) is 84.6 Å². The molecule has 1 N–H and O–H groups in total. The van der Waals surface area contributed by atoms with Crippen LogP contribution in [0.2, 0.25) is 0 Å². The number of fused-ring (bicyclic) bond motifs is 1. The molecule has 5 nitrogen and oxygen atoms in total. The molecule has 86 valence electrons. The number of azide groups is 1. The first-order valence-corrected chi connectivity index (χ1v) is 5.58. The second kappa shape index (κ2) is 4.88. The molecule has 0 bridgehead atoms. The Kier molecular flexibility index (Phi) is 3.29. The van der Waals surface area contributed by atoms with E-state index in [1.807, 2.05) is 18.2 Å². The molecule has 5 heteroatoms. The van der Waals surface area contributed by atoms with Crippen molar-refractivity contribution < 1.29 is 0 Å². The SMILES string of the molecule is N#CC1(NCCN=[N+]=[N-])CCc2ccccc21. The Balaban J connectivity index is 2.17. The second-order valence-electron chi connectivity index (χ2n) is 4.06. The molecule has 0 fully saturated rings. The van der Waals surface area contributed by atoms with Gasteiger partial charge in [-0.15, -0.1) is 0 Å². The molecular weight excluding hydrogens is 214 g/mol. The highest BCUT2D eigenvalue weighted by atomic mass is 15.1. The summed E-state index contributed by atoms with van der Waals surface area (Å²) in [6.45, 7) is 0.883. The van der Waals surface area contributed by atoms with Crippen molar-refractivity contribution in [2.24, 2.45) is 5.11 Å². The molecule has 17 heavy (non-hydrogen) atoms. The molecule has 1 aromatic rings. The lowest BCUT2D eigenvalue weighted by Gasteiger charge is -2.23. The maximum atomic E-state index is 9.40. The summed E-state index contributed by atoms with van der Waals surface area (Å²) in [5.74, 6) is 0. The van der Waals surface area contributed by atoms with E-state index in [-0.39, 0.29) is 0 Å². The molecule has 0 saturated carbocycles. The van der Waals surface area contributed by atoms with Crippen LogP contribution in [0.3, 0.4) is 0 Å². The van der Waals surface area contributed by atoms with Crippen molar-refractivity contribution in [3.8, 4) is 6.07 Å². The van der Waals surface area contributed by atoms with Gasteiger partial charge in [-0.25, -0.2) is 0 Å². The van der Waals surface area contributed by atoms with Crippen LogP contribution in [0.15, 0.2) is 29.4 Å². The van der Waals surface area contributed by atoms with Crippen molar-refractivity contribution in [2.45, 2.75) is 18.4 Å². The number of nitrogens with one attached hydrogen (secondary N) is 1. The van der Waals surface area contributed by atoms with Gasteiger partial charge in [-0.05, 0) is 29.5 Å². The van der Waals surface area contributed by atoms with E-state index in [1.54, 1.807) is 0 Å². The summed E-state index contributed by atoms with van der Waals surface area (Å²) in [6, 6.07) is 10.4. The summed E-state index contributed by atoms with van der Waals surface area (Å²) in [4.78, 5) is 2.69. The van der Waals surface area contributed by atoms with Gasteiger partial charge < -0.3 is 0 Å². The number of nitrogens with zero attached hydrogens (tertiary/aromatic N) is 4. The lowest BCUT2D eigenvalue weighted by Crippen LogP contribution is -2.40. The average Bonchev–Trinajstić information content (AvgIpc) is 2.75. The Morgan fingerprint density at radius 2 is 2.35 bits per heavy atom. The predicted octanol–water partition coefficient (Wildman–Crippen LogP) is 2.25. The molecule has 1 aliphatic carbocycles. The first-order chi connectivity index (χ1) is 8.32. The fourth-order valence-electron chi connectivity index (χ4n) is 2.31. The first-order valence-electron chi connectivity index (χ1n) is 5.58. The van der Waals surface area contributed by atoms with Gasteiger partial charge in [-0.1, -0.05) is 29.4 Å². The molecule has 0 aromatic heterocycles. The van der Waals surface area contributed by atoms with Crippen molar-refractivity contribution in [2.75, 3.05) is 13.1 Å². The summed E-state index contributed by atoms with van der Waals surface area (Å²) in [5.41, 5.74) is 9.88. The lowest BCUT2D eigenvalue weighted by molar-refractivity contribution is 0.431. The molecular formula is C12H13N5. The van der Waals surface area contributed by atoms with Crippen molar-refractivity contribution in [3.05, 3.63) is 45.8 Å². The van der Waals surface area contributed by atoms with Crippen LogP contribution in [-0.2, 0) is 12.0 Å². The molecule has 0 saturated heterocycles. The Bertz CT molecular complexity index is 498. The van der Waals surface area contributed by atoms with Gasteiger partial charge in [0.2, 0.25) is 0 Å². The largest absolute Gasteiger partial charge is 0.296 e. The normalized spacial score (nSPS) is 21.4. The summed E-state index contributed by atoms with van der Waals surface area (Å²) < 4.78 is 0. The number of hydrogen-bond acceptors (Lipinski definition) is 3. The Hall–Kier alpha value is -2.02. The fourth-order valence-corrected chi connectivity index (χ4v) is 2.31. The molecule has 0 spiro atoms. The van der Waals surface area contributed by atoms with Gasteiger partial charge in [0.1, 0.15) is 5.54 Å². The van der Waals surface area contributed by atoms with Crippen LogP contribution in [-0.4, -0.2) is 13.1 Å². The molecule has 0 aliphatic heterocycles. The first kappa shape index (κ1) is 11.5. The summed E-state index contributed by atoms with van der Waals surface area (Å²) in [6.07, 6.45) is 1.69. The zero-order valence-corrected chi connectivity index (χ0v) is 9.43. The van der Waals surface area contributed by atoms with E-state index < -0.39 is 5.54 Å². The molecule has 1 aromatic carbocycles. The Morgan fingerprint density at radius 1 is 1.53 bits per heavy atom. The minimum absolute atomic E-state index is 0.363. The third-order valence-corrected chi connectivity index (χ3v) is 3.14. The monoisotopic (exact) mass is 227 g/mol. The molecule has 0 heterocycles. The lowest BCUT2D eigenvalue weighted by atomic mass is 9.93. The van der Waals surface area contributed by atoms with Gasteiger partial charge in [0.15, 0.2) is 0 Å². The second-order valence-corrected chi connectivity index (χ2v) is 4.06. The molecule has 2 rings (SSSR count). The van der Waals surface area contributed by atoms with Gasteiger partial charge in [0.05, 0.1) is 6.07 Å². The highest BCUT2D eigenvalue weighted by Gasteiger charge is 2.37. The van der Waals surface area contributed by atoms with Crippen LogP contribution >= 0.6 is 0 Å². The molecule has 1 atom stereocenters. The quantitative estimate of drug-likeness (QED) is 0.370. The zero-order chi connectivity index (χ0) is 12.1. The standard InChI is InChI=1S/C12H13N5/c13-9-12(15-7-8-16-17-14)6-5-10-3-1-2-4-11(10)12/h1-4,15H,5-8H2. The molecule has 1 unspecified atom stereocenters. The van der Waals surface area contributed by atoms with Crippen molar-refractivity contribution in [1.29, 1.82) is 5.26 Å². The Labute approximate surface area is 99.7 Å². The summed E-state index contributed by atoms with van der Waals surface area (Å²) in [5, 5.41) is 16.1. The third-order valence-electron chi connectivity index (χ3n) is 3.14. The third kappa shape index (κ3) is 2.09. The Morgan fingerprint density at radius 3 is 3.12 bits per heavy atom. The number of aryl methyl sites for hydroxylation is 1. The highest BCUT2D eigenvalue weighted by Crippen LogP contribution is 2.36. The van der Waals surface area contributed by atoms with E-state index in [0.29, 0.717) is 13.1 Å². The van der Waals surface area contributed by atoms with E-state index in [4.69, 9.17) is 5.53 Å². The molecule has 1 aliphatic rings. The van der Waals surface area contributed by atoms with Crippen LogP contribution in [0.5, 0.6) is 0 Å². The van der Waals surface area contributed by atoms with E-state index >= 15 is 0 Å². The van der Waals surface area contributed by atoms with E-state index in [2.05, 4.69) is 27.5 Å². The van der Waals surface area contributed by atoms with Crippen LogP contribution in [0.1, 0.15) is 17.5 Å². The number of rotatable bonds is 4. The molecule has 0 radical (unpaired) electrons. The van der Waals surface area contributed by atoms with Gasteiger partial charge in [-0.3, -0.25) is 5.32 Å². The van der Waals surface area contributed by atoms with Crippen LogP contribution in [0.25, 0.3) is 10.4 Å². The maximum absolute atomic E-state index is 9.40.